The normalized spacial score (nSPS) is 26.6. The molecule has 1 nitrogen and oxygen atoms in total. The third-order valence-electron chi connectivity index (χ3n) is 2.67. The van der Waals surface area contributed by atoms with E-state index in [-0.39, 0.29) is 0 Å². The minimum absolute atomic E-state index is 0.859. The van der Waals surface area contributed by atoms with Gasteiger partial charge in [0.2, 0.25) is 0 Å². The maximum atomic E-state index is 4.36. The number of nitrogens with zero attached hydrogens (tertiary/aromatic N) is 1. The minimum atomic E-state index is 0.859. The van der Waals surface area contributed by atoms with E-state index in [1.165, 1.54) is 37.0 Å². The van der Waals surface area contributed by atoms with Crippen molar-refractivity contribution in [3.05, 3.63) is 23.9 Å². The number of aliphatic imine (C=N–C) groups is 1. The Labute approximate surface area is 73.9 Å². The molecular weight excluding hydrogens is 146 g/mol. The quantitative estimate of drug-likeness (QED) is 0.590. The molecule has 0 aromatic rings. The van der Waals surface area contributed by atoms with E-state index in [0.717, 1.165) is 5.92 Å². The second kappa shape index (κ2) is 3.26. The lowest BCUT2D eigenvalue weighted by Crippen LogP contribution is -2.13. The lowest BCUT2D eigenvalue weighted by Gasteiger charge is -2.19. The fourth-order valence-electron chi connectivity index (χ4n) is 2.01. The van der Waals surface area contributed by atoms with Crippen LogP contribution in [0.1, 0.15) is 32.6 Å². The molecule has 0 amide bonds. The molecule has 0 N–H and O–H groups in total. The number of allylic oxidation sites excluding steroid dienone is 3. The van der Waals surface area contributed by atoms with Gasteiger partial charge in [-0.05, 0) is 30.4 Å². The number of hydrogen-bond acceptors (Lipinski definition) is 1. The fraction of sp³-hybridized carbons (Fsp3) is 0.545. The van der Waals surface area contributed by atoms with Gasteiger partial charge in [0.25, 0.3) is 0 Å². The smallest absolute Gasteiger partial charge is 0.0476 e. The van der Waals surface area contributed by atoms with Crippen LogP contribution >= 0.6 is 0 Å². The predicted molar refractivity (Wildman–Crippen MR) is 52.3 cm³/mol. The van der Waals surface area contributed by atoms with E-state index in [1.54, 1.807) is 0 Å². The molecule has 0 aromatic heterocycles. The summed E-state index contributed by atoms with van der Waals surface area (Å²) in [6, 6.07) is 0. The molecule has 0 fully saturated rings. The Kier molecular flexibility index (Phi) is 2.11. The summed E-state index contributed by atoms with van der Waals surface area (Å²) in [5.41, 5.74) is 2.70. The van der Waals surface area contributed by atoms with Crippen molar-refractivity contribution in [1.82, 2.24) is 0 Å². The van der Waals surface area contributed by atoms with E-state index in [9.17, 15) is 0 Å². The zero-order chi connectivity index (χ0) is 8.39. The second-order valence-corrected chi connectivity index (χ2v) is 3.65. The summed E-state index contributed by atoms with van der Waals surface area (Å²) in [5.74, 6) is 0.859. The molecule has 2 aliphatic rings. The van der Waals surface area contributed by atoms with Crippen molar-refractivity contribution < 1.29 is 0 Å². The highest BCUT2D eigenvalue weighted by Crippen LogP contribution is 2.28. The zero-order valence-corrected chi connectivity index (χ0v) is 7.59. The summed E-state index contributed by atoms with van der Waals surface area (Å²) in [5, 5.41) is 0. The van der Waals surface area contributed by atoms with Gasteiger partial charge in [-0.3, -0.25) is 4.99 Å². The third kappa shape index (κ3) is 1.36. The van der Waals surface area contributed by atoms with Crippen molar-refractivity contribution in [1.29, 1.82) is 0 Å². The van der Waals surface area contributed by atoms with Gasteiger partial charge in [0, 0.05) is 11.9 Å². The van der Waals surface area contributed by atoms with Crippen molar-refractivity contribution in [3.8, 4) is 0 Å². The van der Waals surface area contributed by atoms with Crippen molar-refractivity contribution >= 4 is 5.71 Å². The molecule has 0 bridgehead atoms. The average Bonchev–Trinajstić information content (AvgIpc) is 2.51. The molecule has 1 aliphatic carbocycles. The Hall–Kier alpha value is -0.850. The van der Waals surface area contributed by atoms with Gasteiger partial charge in [-0.2, -0.15) is 0 Å². The molecule has 12 heavy (non-hydrogen) atoms. The molecule has 0 saturated heterocycles. The van der Waals surface area contributed by atoms with E-state index in [2.05, 4.69) is 24.1 Å². The lowest BCUT2D eigenvalue weighted by molar-refractivity contribution is 0.496. The van der Waals surface area contributed by atoms with Crippen LogP contribution < -0.4 is 0 Å². The molecular formula is C11H15N. The van der Waals surface area contributed by atoms with Gasteiger partial charge in [-0.15, -0.1) is 0 Å². The van der Waals surface area contributed by atoms with Gasteiger partial charge in [0.05, 0.1) is 0 Å². The van der Waals surface area contributed by atoms with E-state index >= 15 is 0 Å². The van der Waals surface area contributed by atoms with Crippen LogP contribution in [0.4, 0.5) is 0 Å². The van der Waals surface area contributed by atoms with E-state index in [0.29, 0.717) is 0 Å². The summed E-state index contributed by atoms with van der Waals surface area (Å²) in [6.45, 7) is 2.26. The maximum Gasteiger partial charge on any atom is 0.0476 e. The van der Waals surface area contributed by atoms with Gasteiger partial charge >= 0.3 is 0 Å². The predicted octanol–water partition coefficient (Wildman–Crippen LogP) is 3.09. The summed E-state index contributed by atoms with van der Waals surface area (Å²) in [7, 11) is 0. The van der Waals surface area contributed by atoms with Crippen LogP contribution in [0.2, 0.25) is 0 Å². The molecule has 0 aromatic carbocycles. The Balaban J connectivity index is 2.05. The van der Waals surface area contributed by atoms with Crippen molar-refractivity contribution in [2.75, 3.05) is 0 Å². The highest BCUT2D eigenvalue weighted by molar-refractivity contribution is 6.05. The SMILES string of the molecule is CCCC1CC=C2C=CN=C2C1. The van der Waals surface area contributed by atoms with E-state index in [4.69, 9.17) is 0 Å². The highest BCUT2D eigenvalue weighted by atomic mass is 14.7. The third-order valence-corrected chi connectivity index (χ3v) is 2.67. The number of hydrogen-bond donors (Lipinski definition) is 0. The monoisotopic (exact) mass is 161 g/mol. The summed E-state index contributed by atoms with van der Waals surface area (Å²) in [4.78, 5) is 4.36. The van der Waals surface area contributed by atoms with Crippen LogP contribution in [0.15, 0.2) is 28.9 Å². The van der Waals surface area contributed by atoms with Gasteiger partial charge in [-0.25, -0.2) is 0 Å². The molecule has 1 heterocycles. The minimum Gasteiger partial charge on any atom is -0.261 e. The number of rotatable bonds is 2. The standard InChI is InChI=1S/C11H15N/c1-2-3-9-4-5-10-6-7-12-11(10)8-9/h5-7,9H,2-4,8H2,1H3. The Morgan fingerprint density at radius 3 is 3.33 bits per heavy atom. The Morgan fingerprint density at radius 1 is 1.58 bits per heavy atom. The number of fused-ring (bicyclic) bond motifs is 1. The summed E-state index contributed by atoms with van der Waals surface area (Å²) < 4.78 is 0. The van der Waals surface area contributed by atoms with Gasteiger partial charge in [0.1, 0.15) is 0 Å². The van der Waals surface area contributed by atoms with E-state index < -0.39 is 0 Å². The largest absolute Gasteiger partial charge is 0.261 e. The summed E-state index contributed by atoms with van der Waals surface area (Å²) >= 11 is 0. The van der Waals surface area contributed by atoms with Crippen molar-refractivity contribution in [2.45, 2.75) is 32.6 Å². The maximum absolute atomic E-state index is 4.36. The Bertz CT molecular complexity index is 258. The lowest BCUT2D eigenvalue weighted by atomic mass is 9.86. The van der Waals surface area contributed by atoms with E-state index in [1.807, 2.05) is 6.20 Å². The first kappa shape index (κ1) is 7.78. The first-order valence-electron chi connectivity index (χ1n) is 4.84. The zero-order valence-electron chi connectivity index (χ0n) is 7.59. The van der Waals surface area contributed by atoms with Gasteiger partial charge in [0.15, 0.2) is 0 Å². The molecule has 1 unspecified atom stereocenters. The summed E-state index contributed by atoms with van der Waals surface area (Å²) in [6.07, 6.45) is 11.5. The van der Waals surface area contributed by atoms with Crippen LogP contribution in [-0.4, -0.2) is 5.71 Å². The van der Waals surface area contributed by atoms with Crippen LogP contribution in [0.3, 0.4) is 0 Å². The molecule has 1 atom stereocenters. The van der Waals surface area contributed by atoms with Crippen molar-refractivity contribution in [3.63, 3.8) is 0 Å². The van der Waals surface area contributed by atoms with Crippen LogP contribution in [0, 0.1) is 5.92 Å². The first-order chi connectivity index (χ1) is 5.90. The van der Waals surface area contributed by atoms with Gasteiger partial charge < -0.3 is 0 Å². The first-order valence-corrected chi connectivity index (χ1v) is 4.84. The topological polar surface area (TPSA) is 12.4 Å². The molecule has 0 radical (unpaired) electrons. The molecule has 2 rings (SSSR count). The van der Waals surface area contributed by atoms with Crippen molar-refractivity contribution in [2.24, 2.45) is 10.9 Å². The molecule has 0 spiro atoms. The van der Waals surface area contributed by atoms with Crippen LogP contribution in [0.5, 0.6) is 0 Å². The van der Waals surface area contributed by atoms with Crippen LogP contribution in [-0.2, 0) is 0 Å². The fourth-order valence-corrected chi connectivity index (χ4v) is 2.01. The molecule has 1 aliphatic heterocycles. The second-order valence-electron chi connectivity index (χ2n) is 3.65. The Morgan fingerprint density at radius 2 is 2.50 bits per heavy atom. The molecule has 1 heteroatoms. The molecule has 0 saturated carbocycles. The van der Waals surface area contributed by atoms with Gasteiger partial charge in [-0.1, -0.05) is 25.8 Å². The molecule has 64 valence electrons. The average molecular weight is 161 g/mol. The highest BCUT2D eigenvalue weighted by Gasteiger charge is 2.19. The van der Waals surface area contributed by atoms with Crippen LogP contribution in [0.25, 0.3) is 0 Å².